The van der Waals surface area contributed by atoms with Crippen LogP contribution in [0.1, 0.15) is 37.2 Å². The molecule has 7 nitrogen and oxygen atoms in total. The summed E-state index contributed by atoms with van der Waals surface area (Å²) in [6.45, 7) is 1.78. The quantitative estimate of drug-likeness (QED) is 0.541. The average molecular weight is 470 g/mol. The summed E-state index contributed by atoms with van der Waals surface area (Å²) in [6, 6.07) is 14.7. The first-order valence-corrected chi connectivity index (χ1v) is 12.8. The zero-order chi connectivity index (χ0) is 23.4. The Morgan fingerprint density at radius 1 is 1.12 bits per heavy atom. The minimum Gasteiger partial charge on any atom is -0.497 e. The van der Waals surface area contributed by atoms with Crippen LogP contribution in [0, 0.1) is 0 Å². The molecule has 1 N–H and O–H groups in total. The Morgan fingerprint density at radius 2 is 1.82 bits per heavy atom. The molecule has 0 saturated carbocycles. The number of sulfonamides is 1. The number of para-hydroxylation sites is 1. The third kappa shape index (κ3) is 5.07. The first kappa shape index (κ1) is 23.3. The van der Waals surface area contributed by atoms with Crippen molar-refractivity contribution in [3.8, 4) is 5.75 Å². The average Bonchev–Trinajstić information content (AvgIpc) is 3.28. The molecule has 1 fully saturated rings. The Hall–Kier alpha value is -2.84. The smallest absolute Gasteiger partial charge is 0.242 e. The highest BCUT2D eigenvalue weighted by atomic mass is 32.2. The summed E-state index contributed by atoms with van der Waals surface area (Å²) in [7, 11) is -0.496. The molecule has 0 spiro atoms. The number of carbonyl (C=O) groups is 1. The van der Waals surface area contributed by atoms with Gasteiger partial charge in [-0.1, -0.05) is 18.2 Å². The molecule has 2 aromatic carbocycles. The molecule has 0 radical (unpaired) electrons. The first-order valence-electron chi connectivity index (χ1n) is 11.3. The lowest BCUT2D eigenvalue weighted by Gasteiger charge is -2.32. The minimum atomic E-state index is -3.59. The van der Waals surface area contributed by atoms with E-state index < -0.39 is 10.0 Å². The number of fused-ring (bicyclic) bond motifs is 1. The second kappa shape index (κ2) is 9.97. The number of hydrogen-bond acceptors (Lipinski definition) is 4. The molecule has 0 atom stereocenters. The maximum Gasteiger partial charge on any atom is 0.242 e. The summed E-state index contributed by atoms with van der Waals surface area (Å²) in [4.78, 5) is 18.2. The van der Waals surface area contributed by atoms with E-state index in [0.29, 0.717) is 31.1 Å². The van der Waals surface area contributed by atoms with Crippen LogP contribution in [-0.2, 0) is 14.8 Å². The number of methoxy groups -OCH3 is 1. The van der Waals surface area contributed by atoms with Crippen LogP contribution in [0.4, 0.5) is 0 Å². The lowest BCUT2D eigenvalue weighted by Crippen LogP contribution is -2.38. The maximum atomic E-state index is 12.7. The summed E-state index contributed by atoms with van der Waals surface area (Å²) in [6.07, 6.45) is 4.83. The van der Waals surface area contributed by atoms with Gasteiger partial charge in [-0.15, -0.1) is 0 Å². The number of piperidine rings is 1. The number of hydrogen-bond donors (Lipinski definition) is 1. The van der Waals surface area contributed by atoms with Crippen LogP contribution in [0.15, 0.2) is 59.6 Å². The molecule has 1 amide bonds. The Kier molecular flexibility index (Phi) is 7.05. The van der Waals surface area contributed by atoms with Crippen molar-refractivity contribution in [2.75, 3.05) is 33.8 Å². The molecule has 2 heterocycles. The third-order valence-corrected chi connectivity index (χ3v) is 8.41. The van der Waals surface area contributed by atoms with E-state index in [1.54, 1.807) is 19.2 Å². The van der Waals surface area contributed by atoms with E-state index in [0.717, 1.165) is 31.4 Å². The van der Waals surface area contributed by atoms with E-state index >= 15 is 0 Å². The molecular formula is C25H31N3O4S. The van der Waals surface area contributed by atoms with E-state index in [2.05, 4.69) is 29.4 Å². The van der Waals surface area contributed by atoms with Gasteiger partial charge in [0.1, 0.15) is 5.75 Å². The molecule has 33 heavy (non-hydrogen) atoms. The van der Waals surface area contributed by atoms with Crippen molar-refractivity contribution in [3.05, 3.63) is 60.3 Å². The minimum absolute atomic E-state index is 0.0997. The van der Waals surface area contributed by atoms with Crippen LogP contribution in [0.2, 0.25) is 0 Å². The Bertz CT molecular complexity index is 1200. The zero-order valence-electron chi connectivity index (χ0n) is 19.2. The van der Waals surface area contributed by atoms with Crippen LogP contribution in [0.25, 0.3) is 10.9 Å². The number of nitrogens with one attached hydrogen (secondary N) is 1. The van der Waals surface area contributed by atoms with Gasteiger partial charge < -0.3 is 14.6 Å². The number of amides is 1. The van der Waals surface area contributed by atoms with Crippen molar-refractivity contribution < 1.29 is 17.9 Å². The second-order valence-electron chi connectivity index (χ2n) is 8.55. The van der Waals surface area contributed by atoms with Crippen molar-refractivity contribution >= 4 is 26.8 Å². The molecule has 1 saturated heterocycles. The van der Waals surface area contributed by atoms with E-state index in [1.807, 2.05) is 11.0 Å². The fourth-order valence-electron chi connectivity index (χ4n) is 4.53. The standard InChI is InChI=1S/C25H31N3O4S/c1-27(33(30,31)21-11-9-20(32-2)10-12-21)15-5-8-25(29)28-16-13-19(14-17-28)23-18-26-24-7-4-3-6-22(23)24/h3-4,6-7,9-12,18-19,26H,5,8,13-17H2,1-2H3. The van der Waals surface area contributed by atoms with E-state index in [1.165, 1.54) is 34.5 Å². The predicted octanol–water partition coefficient (Wildman–Crippen LogP) is 3.98. The van der Waals surface area contributed by atoms with Gasteiger partial charge in [-0.2, -0.15) is 0 Å². The third-order valence-electron chi connectivity index (χ3n) is 6.54. The van der Waals surface area contributed by atoms with Gasteiger partial charge in [0.05, 0.1) is 12.0 Å². The van der Waals surface area contributed by atoms with Gasteiger partial charge >= 0.3 is 0 Å². The highest BCUT2D eigenvalue weighted by Crippen LogP contribution is 2.33. The Morgan fingerprint density at radius 3 is 2.52 bits per heavy atom. The molecule has 0 bridgehead atoms. The summed E-state index contributed by atoms with van der Waals surface area (Å²) in [5, 5.41) is 1.27. The molecule has 1 aromatic heterocycles. The fraction of sp³-hybridized carbons (Fsp3) is 0.400. The van der Waals surface area contributed by atoms with E-state index in [-0.39, 0.29) is 10.8 Å². The summed E-state index contributed by atoms with van der Waals surface area (Å²) in [5.41, 5.74) is 2.49. The van der Waals surface area contributed by atoms with E-state index in [4.69, 9.17) is 4.74 Å². The lowest BCUT2D eigenvalue weighted by molar-refractivity contribution is -0.132. The fourth-order valence-corrected chi connectivity index (χ4v) is 5.74. The van der Waals surface area contributed by atoms with Gasteiger partial charge in [-0.25, -0.2) is 12.7 Å². The Labute approximate surface area is 195 Å². The van der Waals surface area contributed by atoms with Crippen LogP contribution < -0.4 is 4.74 Å². The number of ether oxygens (including phenoxy) is 1. The molecule has 4 rings (SSSR count). The molecule has 176 valence electrons. The van der Waals surface area contributed by atoms with Crippen LogP contribution in [0.5, 0.6) is 5.75 Å². The topological polar surface area (TPSA) is 82.7 Å². The van der Waals surface area contributed by atoms with Crippen LogP contribution >= 0.6 is 0 Å². The number of aromatic nitrogens is 1. The maximum absolute atomic E-state index is 12.7. The normalized spacial score (nSPS) is 15.3. The number of benzene rings is 2. The van der Waals surface area contributed by atoms with Gasteiger partial charge in [-0.05, 0) is 61.1 Å². The Balaban J connectivity index is 1.25. The van der Waals surface area contributed by atoms with Crippen molar-refractivity contribution in [2.24, 2.45) is 0 Å². The van der Waals surface area contributed by atoms with Crippen molar-refractivity contribution in [1.29, 1.82) is 0 Å². The lowest BCUT2D eigenvalue weighted by atomic mass is 9.89. The van der Waals surface area contributed by atoms with Gasteiger partial charge in [-0.3, -0.25) is 4.79 Å². The van der Waals surface area contributed by atoms with Crippen LogP contribution in [0.3, 0.4) is 0 Å². The first-order chi connectivity index (χ1) is 15.9. The molecular weight excluding hydrogens is 438 g/mol. The van der Waals surface area contributed by atoms with E-state index in [9.17, 15) is 13.2 Å². The molecule has 0 aliphatic carbocycles. The molecule has 8 heteroatoms. The summed E-state index contributed by atoms with van der Waals surface area (Å²) < 4.78 is 31.9. The molecule has 0 unspecified atom stereocenters. The van der Waals surface area contributed by atoms with Gasteiger partial charge in [0.15, 0.2) is 0 Å². The highest BCUT2D eigenvalue weighted by Gasteiger charge is 2.26. The zero-order valence-corrected chi connectivity index (χ0v) is 20.0. The number of nitrogens with zero attached hydrogens (tertiary/aromatic N) is 2. The molecule has 1 aliphatic heterocycles. The second-order valence-corrected chi connectivity index (χ2v) is 10.6. The van der Waals surface area contributed by atoms with Crippen LogP contribution in [-0.4, -0.2) is 62.3 Å². The number of aromatic amines is 1. The van der Waals surface area contributed by atoms with Crippen molar-refractivity contribution in [1.82, 2.24) is 14.2 Å². The SMILES string of the molecule is COc1ccc(S(=O)(=O)N(C)CCCC(=O)N2CCC(c3c[nH]c4ccccc34)CC2)cc1. The molecule has 3 aromatic rings. The van der Waals surface area contributed by atoms with Gasteiger partial charge in [0.2, 0.25) is 15.9 Å². The van der Waals surface area contributed by atoms with Crippen molar-refractivity contribution in [2.45, 2.75) is 36.5 Å². The molecule has 1 aliphatic rings. The highest BCUT2D eigenvalue weighted by molar-refractivity contribution is 7.89. The number of carbonyl (C=O) groups excluding carboxylic acids is 1. The van der Waals surface area contributed by atoms with Crippen molar-refractivity contribution in [3.63, 3.8) is 0 Å². The number of likely N-dealkylation sites (tertiary alicyclic amines) is 1. The number of rotatable bonds is 8. The largest absolute Gasteiger partial charge is 0.497 e. The van der Waals surface area contributed by atoms with Gasteiger partial charge in [0, 0.05) is 50.2 Å². The number of H-pyrrole nitrogens is 1. The summed E-state index contributed by atoms with van der Waals surface area (Å²) in [5.74, 6) is 1.16. The monoisotopic (exact) mass is 469 g/mol. The summed E-state index contributed by atoms with van der Waals surface area (Å²) >= 11 is 0. The van der Waals surface area contributed by atoms with Gasteiger partial charge in [0.25, 0.3) is 0 Å². The predicted molar refractivity (Wildman–Crippen MR) is 129 cm³/mol.